The number of nitrogens with zero attached hydrogens (tertiary/aromatic N) is 2. The van der Waals surface area contributed by atoms with E-state index in [1.807, 2.05) is 6.34 Å². The average molecular weight is 502 g/mol. The van der Waals surface area contributed by atoms with E-state index in [1.165, 1.54) is 55.1 Å². The van der Waals surface area contributed by atoms with E-state index in [0.717, 1.165) is 0 Å². The van der Waals surface area contributed by atoms with Gasteiger partial charge in [-0.25, -0.2) is 4.58 Å². The summed E-state index contributed by atoms with van der Waals surface area (Å²) in [4.78, 5) is 5.23. The molecule has 190 valence electrons. The molecule has 0 spiro atoms. The zero-order valence-corrected chi connectivity index (χ0v) is 22.6. The summed E-state index contributed by atoms with van der Waals surface area (Å²) in [6.07, 6.45) is 2.01. The van der Waals surface area contributed by atoms with Crippen molar-refractivity contribution in [3.05, 3.63) is 94.5 Å². The Morgan fingerprint density at radius 2 is 1.63 bits per heavy atom. The minimum absolute atomic E-state index is 0.0855. The fraction of sp³-hybridized carbons (Fsp3) is 0.353. The number of benzene rings is 4. The molecule has 5 atom stereocenters. The summed E-state index contributed by atoms with van der Waals surface area (Å²) in [5.41, 5.74) is 7.75. The SMILES string of the molecule is COC1(O)C2c3c(cc(C(C)C)c4ccccc34)C3=[N+](C=NC4C3c3c(ccc5ccccc35)C4(C)C)C21. The largest absolute Gasteiger partial charge is 0.362 e. The molecule has 4 aromatic rings. The summed E-state index contributed by atoms with van der Waals surface area (Å²) in [5, 5.41) is 16.9. The van der Waals surface area contributed by atoms with E-state index in [-0.39, 0.29) is 29.3 Å². The molecule has 1 N–H and O–H groups in total. The third-order valence-electron chi connectivity index (χ3n) is 9.99. The Morgan fingerprint density at radius 1 is 0.921 bits per heavy atom. The molecule has 2 aliphatic carbocycles. The molecule has 38 heavy (non-hydrogen) atoms. The van der Waals surface area contributed by atoms with Crippen LogP contribution in [-0.2, 0) is 10.2 Å². The summed E-state index contributed by atoms with van der Waals surface area (Å²) < 4.78 is 8.13. The maximum atomic E-state index is 11.8. The monoisotopic (exact) mass is 501 g/mol. The molecule has 0 aromatic heterocycles. The normalized spacial score (nSPS) is 29.8. The third kappa shape index (κ3) is 2.53. The molecule has 0 bridgehead atoms. The molecule has 4 aromatic carbocycles. The Bertz CT molecular complexity index is 1760. The van der Waals surface area contributed by atoms with Gasteiger partial charge in [0.2, 0.25) is 5.79 Å². The van der Waals surface area contributed by atoms with E-state index in [2.05, 4.69) is 99.0 Å². The molecule has 5 unspecified atom stereocenters. The quantitative estimate of drug-likeness (QED) is 0.262. The topological polar surface area (TPSA) is 44.8 Å². The predicted octanol–water partition coefficient (Wildman–Crippen LogP) is 6.22. The van der Waals surface area contributed by atoms with Gasteiger partial charge in [0, 0.05) is 18.1 Å². The van der Waals surface area contributed by atoms with E-state index < -0.39 is 5.79 Å². The Morgan fingerprint density at radius 3 is 2.37 bits per heavy atom. The molecule has 0 saturated heterocycles. The number of rotatable bonds is 2. The van der Waals surface area contributed by atoms with E-state index in [9.17, 15) is 5.11 Å². The summed E-state index contributed by atoms with van der Waals surface area (Å²) in [6, 6.07) is 24.4. The second-order valence-corrected chi connectivity index (χ2v) is 12.5. The van der Waals surface area contributed by atoms with Crippen LogP contribution in [0.4, 0.5) is 0 Å². The lowest BCUT2D eigenvalue weighted by Crippen LogP contribution is -2.44. The Labute approximate surface area is 223 Å². The molecule has 1 fully saturated rings. The molecule has 4 nitrogen and oxygen atoms in total. The van der Waals surface area contributed by atoms with Crippen LogP contribution in [0.15, 0.2) is 71.7 Å². The number of hydrogen-bond donors (Lipinski definition) is 1. The molecule has 0 radical (unpaired) electrons. The first-order valence-corrected chi connectivity index (χ1v) is 13.8. The highest BCUT2D eigenvalue weighted by Crippen LogP contribution is 2.62. The van der Waals surface area contributed by atoms with Gasteiger partial charge in [0.1, 0.15) is 5.71 Å². The van der Waals surface area contributed by atoms with Gasteiger partial charge in [-0.1, -0.05) is 93.4 Å². The van der Waals surface area contributed by atoms with Crippen LogP contribution in [0.25, 0.3) is 21.5 Å². The predicted molar refractivity (Wildman–Crippen MR) is 153 cm³/mol. The van der Waals surface area contributed by atoms with Crippen molar-refractivity contribution in [3.8, 4) is 0 Å². The first-order valence-electron chi connectivity index (χ1n) is 13.8. The lowest BCUT2D eigenvalue weighted by Gasteiger charge is -2.31. The number of hydrogen-bond acceptors (Lipinski definition) is 3. The van der Waals surface area contributed by atoms with Gasteiger partial charge >= 0.3 is 0 Å². The van der Waals surface area contributed by atoms with Crippen LogP contribution in [0.5, 0.6) is 0 Å². The molecule has 4 aliphatic rings. The van der Waals surface area contributed by atoms with Crippen molar-refractivity contribution >= 4 is 33.6 Å². The molecule has 4 heteroatoms. The van der Waals surface area contributed by atoms with Gasteiger partial charge in [-0.15, -0.1) is 0 Å². The highest BCUT2D eigenvalue weighted by atomic mass is 16.6. The first kappa shape index (κ1) is 22.6. The van der Waals surface area contributed by atoms with Crippen LogP contribution in [0.2, 0.25) is 0 Å². The van der Waals surface area contributed by atoms with Gasteiger partial charge in [0.25, 0.3) is 6.34 Å². The van der Waals surface area contributed by atoms with Crippen LogP contribution in [-0.4, -0.2) is 46.7 Å². The van der Waals surface area contributed by atoms with Crippen LogP contribution in [0.1, 0.15) is 73.3 Å². The van der Waals surface area contributed by atoms with Gasteiger partial charge in [0.15, 0.2) is 12.1 Å². The van der Waals surface area contributed by atoms with Gasteiger partial charge < -0.3 is 9.84 Å². The smallest absolute Gasteiger partial charge is 0.281 e. The number of fused-ring (bicyclic) bond motifs is 13. The molecule has 1 saturated carbocycles. The number of methoxy groups -OCH3 is 1. The highest BCUT2D eigenvalue weighted by molar-refractivity contribution is 6.13. The van der Waals surface area contributed by atoms with Crippen molar-refractivity contribution < 1.29 is 14.4 Å². The number of aliphatic imine (C=N–C) groups is 1. The summed E-state index contributed by atoms with van der Waals surface area (Å²) in [6.45, 7) is 9.23. The minimum Gasteiger partial charge on any atom is -0.362 e. The maximum absolute atomic E-state index is 11.8. The molecule has 8 rings (SSSR count). The molecule has 2 heterocycles. The molecular formula is C34H33N2O2+. The molecular weight excluding hydrogens is 468 g/mol. The van der Waals surface area contributed by atoms with Crippen LogP contribution >= 0.6 is 0 Å². The van der Waals surface area contributed by atoms with Crippen molar-refractivity contribution in [1.82, 2.24) is 0 Å². The summed E-state index contributed by atoms with van der Waals surface area (Å²) >= 11 is 0. The second kappa shape index (κ2) is 7.19. The summed E-state index contributed by atoms with van der Waals surface area (Å²) in [5.74, 6) is -0.896. The van der Waals surface area contributed by atoms with Gasteiger partial charge in [-0.05, 0) is 55.8 Å². The highest BCUT2D eigenvalue weighted by Gasteiger charge is 2.75. The standard InChI is InChI=1S/C34H33N2O2/c1-18(2)23-16-24-26(22-13-9-8-12-21(22)23)29-32(34(29,37)38-5)36-17-35-31-28(30(24)36)27-20-11-7-6-10-19(20)14-15-25(27)33(31,3)4/h6-18,28-29,31-32,37H,1-5H3/q+1. The fourth-order valence-corrected chi connectivity index (χ4v) is 8.14. The maximum Gasteiger partial charge on any atom is 0.281 e. The zero-order chi connectivity index (χ0) is 26.1. The van der Waals surface area contributed by atoms with E-state index in [4.69, 9.17) is 9.73 Å². The lowest BCUT2D eigenvalue weighted by atomic mass is 9.76. The lowest BCUT2D eigenvalue weighted by molar-refractivity contribution is -0.443. The van der Waals surface area contributed by atoms with Gasteiger partial charge in [-0.3, -0.25) is 0 Å². The molecule has 0 amide bonds. The third-order valence-corrected chi connectivity index (χ3v) is 9.99. The van der Waals surface area contributed by atoms with Crippen LogP contribution in [0.3, 0.4) is 0 Å². The fourth-order valence-electron chi connectivity index (χ4n) is 8.14. The van der Waals surface area contributed by atoms with Gasteiger partial charge in [0.05, 0.1) is 11.8 Å². The van der Waals surface area contributed by atoms with Crippen molar-refractivity contribution in [3.63, 3.8) is 0 Å². The van der Waals surface area contributed by atoms with Gasteiger partial charge in [-0.2, -0.15) is 0 Å². The van der Waals surface area contributed by atoms with E-state index in [0.29, 0.717) is 5.92 Å². The molecule has 2 aliphatic heterocycles. The van der Waals surface area contributed by atoms with Crippen molar-refractivity contribution in [2.45, 2.75) is 68.7 Å². The minimum atomic E-state index is -1.24. The Hall–Kier alpha value is -3.34. The van der Waals surface area contributed by atoms with Crippen molar-refractivity contribution in [1.29, 1.82) is 0 Å². The Balaban J connectivity index is 1.51. The van der Waals surface area contributed by atoms with E-state index in [1.54, 1.807) is 7.11 Å². The number of ether oxygens (including phenoxy) is 1. The Kier molecular flexibility index (Phi) is 4.28. The van der Waals surface area contributed by atoms with Crippen molar-refractivity contribution in [2.75, 3.05) is 7.11 Å². The zero-order valence-electron chi connectivity index (χ0n) is 22.6. The summed E-state index contributed by atoms with van der Waals surface area (Å²) in [7, 11) is 1.63. The number of aliphatic hydroxyl groups is 1. The second-order valence-electron chi connectivity index (χ2n) is 12.5. The first-order chi connectivity index (χ1) is 18.3. The van der Waals surface area contributed by atoms with Crippen molar-refractivity contribution in [2.24, 2.45) is 4.99 Å². The van der Waals surface area contributed by atoms with Crippen LogP contribution < -0.4 is 0 Å². The van der Waals surface area contributed by atoms with E-state index >= 15 is 0 Å². The van der Waals surface area contributed by atoms with Crippen LogP contribution in [0, 0.1) is 0 Å². The average Bonchev–Trinajstić information content (AvgIpc) is 3.48.